The van der Waals surface area contributed by atoms with Crippen LogP contribution in [0.2, 0.25) is 0 Å². The summed E-state index contributed by atoms with van der Waals surface area (Å²) in [4.78, 5) is 19.9. The highest BCUT2D eigenvalue weighted by Gasteiger charge is 2.40. The number of nitrogens with zero attached hydrogens (tertiary/aromatic N) is 2. The molecule has 1 aromatic carbocycles. The molecule has 5 heterocycles. The highest BCUT2D eigenvalue weighted by Crippen LogP contribution is 2.34. The fourth-order valence-electron chi connectivity index (χ4n) is 4.65. The second-order valence-corrected chi connectivity index (χ2v) is 11.4. The largest absolute Gasteiger partial charge is 0.346 e. The second-order valence-electron chi connectivity index (χ2n) is 8.10. The molecule has 3 fully saturated rings. The van der Waals surface area contributed by atoms with E-state index in [0.29, 0.717) is 17.7 Å². The van der Waals surface area contributed by atoms with Gasteiger partial charge >= 0.3 is 0 Å². The first-order valence-electron chi connectivity index (χ1n) is 10.2. The van der Waals surface area contributed by atoms with E-state index < -0.39 is 9.84 Å². The number of pyridine rings is 1. The van der Waals surface area contributed by atoms with Gasteiger partial charge in [0, 0.05) is 28.4 Å². The van der Waals surface area contributed by atoms with Crippen LogP contribution < -0.4 is 5.32 Å². The van der Waals surface area contributed by atoms with Gasteiger partial charge in [0.2, 0.25) is 9.84 Å². The molecule has 3 aliphatic rings. The maximum absolute atomic E-state index is 12.9. The lowest BCUT2D eigenvalue weighted by Crippen LogP contribution is -2.62. The third-order valence-corrected chi connectivity index (χ3v) is 9.75. The lowest BCUT2D eigenvalue weighted by atomic mass is 9.79. The fourth-order valence-corrected chi connectivity index (χ4v) is 7.48. The van der Waals surface area contributed by atoms with Gasteiger partial charge in [-0.05, 0) is 63.0 Å². The molecule has 30 heavy (non-hydrogen) atoms. The number of hydrogen-bond acceptors (Lipinski definition) is 6. The quantitative estimate of drug-likeness (QED) is 0.672. The number of aromatic nitrogens is 1. The number of fused-ring (bicyclic) bond motifs is 4. The number of rotatable bonds is 4. The van der Waals surface area contributed by atoms with Crippen LogP contribution in [0.4, 0.5) is 0 Å². The van der Waals surface area contributed by atoms with Crippen LogP contribution in [0.5, 0.6) is 0 Å². The van der Waals surface area contributed by atoms with Crippen molar-refractivity contribution in [1.82, 2.24) is 15.2 Å². The molecule has 156 valence electrons. The first kappa shape index (κ1) is 19.7. The summed E-state index contributed by atoms with van der Waals surface area (Å²) in [6, 6.07) is 12.2. The second kappa shape index (κ2) is 7.44. The smallest absolute Gasteiger partial charge is 0.270 e. The molecule has 6 rings (SSSR count). The zero-order chi connectivity index (χ0) is 20.9. The lowest BCUT2D eigenvalue weighted by molar-refractivity contribution is 0.0216. The average molecular weight is 442 g/mol. The van der Waals surface area contributed by atoms with Crippen LogP contribution in [0.15, 0.2) is 57.8 Å². The third kappa shape index (κ3) is 3.33. The van der Waals surface area contributed by atoms with Crippen LogP contribution in [0.3, 0.4) is 0 Å². The Hall–Kier alpha value is -2.29. The SMILES string of the molecule is CC1C(NC(=O)c2cc3sc(S(=O)(=O)c4ccccc4)cc3cn2)C2CCN1CC2. The number of sulfone groups is 1. The van der Waals surface area contributed by atoms with Gasteiger partial charge in [-0.25, -0.2) is 8.42 Å². The number of nitrogens with one attached hydrogen (secondary N) is 1. The van der Waals surface area contributed by atoms with E-state index >= 15 is 0 Å². The molecule has 0 spiro atoms. The fraction of sp³-hybridized carbons (Fsp3) is 0.364. The van der Waals surface area contributed by atoms with Crippen molar-refractivity contribution in [3.05, 3.63) is 54.4 Å². The van der Waals surface area contributed by atoms with Gasteiger partial charge in [-0.3, -0.25) is 14.7 Å². The van der Waals surface area contributed by atoms with E-state index in [1.54, 1.807) is 48.7 Å². The first-order chi connectivity index (χ1) is 14.4. The van der Waals surface area contributed by atoms with Gasteiger partial charge in [0.25, 0.3) is 5.91 Å². The molecule has 3 saturated heterocycles. The Morgan fingerprint density at radius 2 is 1.90 bits per heavy atom. The predicted molar refractivity (Wildman–Crippen MR) is 117 cm³/mol. The van der Waals surface area contributed by atoms with Crippen molar-refractivity contribution in [3.63, 3.8) is 0 Å². The zero-order valence-corrected chi connectivity index (χ0v) is 18.2. The molecule has 2 unspecified atom stereocenters. The Labute approximate surface area is 179 Å². The zero-order valence-electron chi connectivity index (χ0n) is 16.6. The van der Waals surface area contributed by atoms with Crippen LogP contribution in [0, 0.1) is 5.92 Å². The molecule has 0 saturated carbocycles. The molecule has 1 N–H and O–H groups in total. The van der Waals surface area contributed by atoms with Gasteiger partial charge in [0.1, 0.15) is 9.90 Å². The molecular formula is C22H23N3O3S2. The average Bonchev–Trinajstić information content (AvgIpc) is 3.21. The topological polar surface area (TPSA) is 79.4 Å². The van der Waals surface area contributed by atoms with Crippen LogP contribution in [0.1, 0.15) is 30.3 Å². The van der Waals surface area contributed by atoms with E-state index in [1.807, 2.05) is 0 Å². The minimum absolute atomic E-state index is 0.134. The highest BCUT2D eigenvalue weighted by molar-refractivity contribution is 7.93. The summed E-state index contributed by atoms with van der Waals surface area (Å²) >= 11 is 1.17. The first-order valence-corrected chi connectivity index (χ1v) is 12.5. The number of carbonyl (C=O) groups is 1. The van der Waals surface area contributed by atoms with Gasteiger partial charge in [-0.1, -0.05) is 18.2 Å². The number of piperidine rings is 3. The number of carbonyl (C=O) groups excluding carboxylic acids is 1. The molecular weight excluding hydrogens is 418 g/mol. The number of thiophene rings is 1. The standard InChI is InChI=1S/C22H23N3O3S2/c1-14-21(15-7-9-25(14)10-8-15)24-22(26)18-12-19-16(13-23-18)11-20(29-19)30(27,28)17-5-3-2-4-6-17/h2-6,11-15,21H,7-10H2,1H3,(H,24,26). The summed E-state index contributed by atoms with van der Waals surface area (Å²) in [6.45, 7) is 4.39. The molecule has 6 nitrogen and oxygen atoms in total. The molecule has 0 radical (unpaired) electrons. The molecule has 1 amide bonds. The Kier molecular flexibility index (Phi) is 4.88. The lowest BCUT2D eigenvalue weighted by Gasteiger charge is -2.49. The summed E-state index contributed by atoms with van der Waals surface area (Å²) in [6.07, 6.45) is 3.82. The molecule has 8 heteroatoms. The Morgan fingerprint density at radius 3 is 2.60 bits per heavy atom. The third-order valence-electron chi connectivity index (χ3n) is 6.41. The Bertz CT molecular complexity index is 1200. The van der Waals surface area contributed by atoms with Crippen LogP contribution in [-0.4, -0.2) is 49.4 Å². The summed E-state index contributed by atoms with van der Waals surface area (Å²) < 4.78 is 26.8. The van der Waals surface area contributed by atoms with Gasteiger partial charge in [0.15, 0.2) is 0 Å². The van der Waals surface area contributed by atoms with Crippen molar-refractivity contribution in [2.75, 3.05) is 13.1 Å². The molecule has 2 atom stereocenters. The van der Waals surface area contributed by atoms with Gasteiger partial charge in [-0.15, -0.1) is 11.3 Å². The Morgan fingerprint density at radius 1 is 1.17 bits per heavy atom. The van der Waals surface area contributed by atoms with Crippen molar-refractivity contribution in [3.8, 4) is 0 Å². The van der Waals surface area contributed by atoms with Crippen molar-refractivity contribution in [2.45, 2.75) is 41.0 Å². The monoisotopic (exact) mass is 441 g/mol. The van der Waals surface area contributed by atoms with Crippen molar-refractivity contribution >= 4 is 37.2 Å². The van der Waals surface area contributed by atoms with E-state index in [2.05, 4.69) is 22.1 Å². The predicted octanol–water partition coefficient (Wildman–Crippen LogP) is 3.34. The number of hydrogen-bond donors (Lipinski definition) is 1. The maximum Gasteiger partial charge on any atom is 0.270 e. The van der Waals surface area contributed by atoms with Crippen LogP contribution in [-0.2, 0) is 9.84 Å². The molecule has 0 aliphatic carbocycles. The maximum atomic E-state index is 12.9. The molecule has 2 aromatic heterocycles. The molecule has 2 bridgehead atoms. The summed E-state index contributed by atoms with van der Waals surface area (Å²) in [5, 5.41) is 3.91. The summed E-state index contributed by atoms with van der Waals surface area (Å²) in [5.74, 6) is 0.324. The minimum Gasteiger partial charge on any atom is -0.346 e. The number of amides is 1. The van der Waals surface area contributed by atoms with Crippen molar-refractivity contribution in [2.24, 2.45) is 5.92 Å². The van der Waals surface area contributed by atoms with Crippen LogP contribution >= 0.6 is 11.3 Å². The highest BCUT2D eigenvalue weighted by atomic mass is 32.2. The molecule has 3 aliphatic heterocycles. The summed E-state index contributed by atoms with van der Waals surface area (Å²) in [5.41, 5.74) is 0.330. The van der Waals surface area contributed by atoms with E-state index in [0.717, 1.165) is 36.0 Å². The van der Waals surface area contributed by atoms with Gasteiger partial charge < -0.3 is 5.32 Å². The van der Waals surface area contributed by atoms with E-state index in [9.17, 15) is 13.2 Å². The van der Waals surface area contributed by atoms with Crippen LogP contribution in [0.25, 0.3) is 10.1 Å². The van der Waals surface area contributed by atoms with Gasteiger partial charge in [-0.2, -0.15) is 0 Å². The summed E-state index contributed by atoms with van der Waals surface area (Å²) in [7, 11) is -3.59. The normalized spacial score (nSPS) is 26.0. The van der Waals surface area contributed by atoms with Gasteiger partial charge in [0.05, 0.1) is 4.90 Å². The van der Waals surface area contributed by atoms with E-state index in [1.165, 1.54) is 11.3 Å². The number of benzene rings is 1. The Balaban J connectivity index is 1.41. The molecule has 3 aromatic rings. The minimum atomic E-state index is -3.59. The van der Waals surface area contributed by atoms with E-state index in [4.69, 9.17) is 0 Å². The van der Waals surface area contributed by atoms with Crippen molar-refractivity contribution < 1.29 is 13.2 Å². The van der Waals surface area contributed by atoms with Crippen molar-refractivity contribution in [1.29, 1.82) is 0 Å². The van der Waals surface area contributed by atoms with E-state index in [-0.39, 0.29) is 21.1 Å².